The Balaban J connectivity index is 1.21. The molecule has 304 valence electrons. The number of allylic oxidation sites excluding steroid dienone is 2. The van der Waals surface area contributed by atoms with E-state index >= 15 is 0 Å². The summed E-state index contributed by atoms with van der Waals surface area (Å²) in [6.07, 6.45) is 5.34. The maximum Gasteiger partial charge on any atom is 0.416 e. The van der Waals surface area contributed by atoms with Gasteiger partial charge in [-0.1, -0.05) is 63.0 Å². The molecule has 0 radical (unpaired) electrons. The van der Waals surface area contributed by atoms with Crippen LogP contribution in [0.3, 0.4) is 0 Å². The molecule has 0 heterocycles. The number of halogens is 3. The van der Waals surface area contributed by atoms with Crippen molar-refractivity contribution >= 4 is 29.4 Å². The molecule has 2 amide bonds. The number of carboxylic acids is 1. The fourth-order valence-electron chi connectivity index (χ4n) is 6.25. The van der Waals surface area contributed by atoms with Gasteiger partial charge in [-0.2, -0.15) is 13.2 Å². The minimum atomic E-state index is -4.69. The van der Waals surface area contributed by atoms with Gasteiger partial charge in [0.2, 0.25) is 11.8 Å². The Morgan fingerprint density at radius 2 is 1.48 bits per heavy atom. The number of anilines is 1. The molecule has 5 rings (SSSR count). The largest absolute Gasteiger partial charge is 0.497 e. The number of carbonyl (C=O) groups is 4. The second kappa shape index (κ2) is 20.2. The molecule has 1 unspecified atom stereocenters. The van der Waals surface area contributed by atoms with Crippen molar-refractivity contribution in [3.05, 3.63) is 143 Å². The van der Waals surface area contributed by atoms with Crippen LogP contribution in [0.25, 0.3) is 0 Å². The third kappa shape index (κ3) is 12.1. The van der Waals surface area contributed by atoms with E-state index in [1.54, 1.807) is 60.7 Å². The summed E-state index contributed by atoms with van der Waals surface area (Å²) in [6, 6.07) is 22.6. The van der Waals surface area contributed by atoms with Gasteiger partial charge in [0.05, 0.1) is 49.3 Å². The summed E-state index contributed by atoms with van der Waals surface area (Å²) >= 11 is 0. The van der Waals surface area contributed by atoms with Crippen LogP contribution in [0.4, 0.5) is 18.9 Å². The van der Waals surface area contributed by atoms with Crippen molar-refractivity contribution in [2.75, 3.05) is 18.6 Å². The molecule has 0 bridgehead atoms. The molecule has 1 aliphatic rings. The van der Waals surface area contributed by atoms with E-state index in [0.717, 1.165) is 18.9 Å². The number of carbonyl (C=O) groups excluding carboxylic acids is 3. The number of amides is 2. The van der Waals surface area contributed by atoms with Gasteiger partial charge in [-0.25, -0.2) is 9.59 Å². The highest BCUT2D eigenvalue weighted by atomic mass is 19.4. The number of hydrogen-bond acceptors (Lipinski definition) is 7. The maximum absolute atomic E-state index is 14.0. The van der Waals surface area contributed by atoms with E-state index in [9.17, 15) is 37.5 Å². The number of hydrogen-bond donors (Lipinski definition) is 2. The number of rotatable bonds is 18. The number of methoxy groups -OCH3 is 1. The Morgan fingerprint density at radius 1 is 0.828 bits per heavy atom. The van der Waals surface area contributed by atoms with E-state index < -0.39 is 41.9 Å². The van der Waals surface area contributed by atoms with Gasteiger partial charge in [-0.3, -0.25) is 9.59 Å². The zero-order valence-electron chi connectivity index (χ0n) is 32.2. The Hall–Kier alpha value is -6.37. The van der Waals surface area contributed by atoms with Crippen LogP contribution in [0.5, 0.6) is 17.2 Å². The molecule has 13 heteroatoms. The van der Waals surface area contributed by atoms with Crippen LogP contribution in [0.2, 0.25) is 0 Å². The molecule has 0 spiro atoms. The van der Waals surface area contributed by atoms with Crippen LogP contribution < -0.4 is 24.4 Å². The second-order valence-electron chi connectivity index (χ2n) is 13.7. The molecule has 1 aliphatic carbocycles. The molecule has 0 aliphatic heterocycles. The van der Waals surface area contributed by atoms with Crippen molar-refractivity contribution in [1.29, 1.82) is 0 Å². The van der Waals surface area contributed by atoms with Crippen LogP contribution in [0.15, 0.2) is 115 Å². The number of alkyl halides is 3. The number of esters is 1. The highest BCUT2D eigenvalue weighted by Crippen LogP contribution is 2.35. The average Bonchev–Trinajstić information content (AvgIpc) is 3.22. The topological polar surface area (TPSA) is 131 Å². The van der Waals surface area contributed by atoms with E-state index in [4.69, 9.17) is 14.2 Å². The number of ether oxygens (including phenoxy) is 3. The van der Waals surface area contributed by atoms with Gasteiger partial charge in [0.25, 0.3) is 0 Å². The maximum atomic E-state index is 14.0. The van der Waals surface area contributed by atoms with E-state index in [1.165, 1.54) is 73.7 Å². The molecule has 58 heavy (non-hydrogen) atoms. The van der Waals surface area contributed by atoms with Crippen molar-refractivity contribution < 1.29 is 51.7 Å². The van der Waals surface area contributed by atoms with Crippen LogP contribution >= 0.6 is 0 Å². The molecule has 4 aromatic rings. The lowest BCUT2D eigenvalue weighted by Crippen LogP contribution is -2.36. The highest BCUT2D eigenvalue weighted by molar-refractivity contribution is 5.97. The van der Waals surface area contributed by atoms with Gasteiger partial charge in [0.15, 0.2) is 0 Å². The summed E-state index contributed by atoms with van der Waals surface area (Å²) < 4.78 is 57.3. The number of benzene rings is 4. The van der Waals surface area contributed by atoms with E-state index in [-0.39, 0.29) is 35.7 Å². The van der Waals surface area contributed by atoms with Gasteiger partial charge >= 0.3 is 18.1 Å². The molecular weight excluding hydrogens is 753 g/mol. The second-order valence-corrected chi connectivity index (χ2v) is 13.7. The summed E-state index contributed by atoms with van der Waals surface area (Å²) in [5, 5.41) is 12.0. The lowest BCUT2D eigenvalue weighted by atomic mass is 9.96. The Bertz CT molecular complexity index is 2110. The first kappa shape index (κ1) is 42.8. The number of aromatic carboxylic acids is 1. The number of unbranched alkanes of at least 4 members (excludes halogenated alkanes) is 4. The lowest BCUT2D eigenvalue weighted by molar-refractivity contribution is -0.138. The number of nitrogens with one attached hydrogen (secondary N) is 1. The monoisotopic (exact) mass is 798 g/mol. The lowest BCUT2D eigenvalue weighted by Gasteiger charge is -2.27. The predicted molar refractivity (Wildman–Crippen MR) is 212 cm³/mol. The molecule has 4 aromatic carbocycles. The standard InChI is InChI=1S/C45H45F3N2O8/c1-3-4-5-6-7-26-57-37-23-14-33(15-24-37)44(55)58-38-21-8-30(9-22-38)29-50(36-19-12-32(13-20-36)43(53)54)42(52)31-10-17-35(18-11-31)49-41(51)27-34-16-25-39(56-2)28-40(34)45(46,47)48/h8-10,12-25,28,31H,3-7,11,26-27,29H2,1-2H3,(H,49,51)(H,53,54). The van der Waals surface area contributed by atoms with Gasteiger partial charge < -0.3 is 29.5 Å². The van der Waals surface area contributed by atoms with E-state index in [1.807, 2.05) is 0 Å². The molecule has 0 saturated heterocycles. The molecule has 0 aromatic heterocycles. The Labute approximate surface area is 334 Å². The van der Waals surface area contributed by atoms with Crippen LogP contribution in [0, 0.1) is 5.92 Å². The van der Waals surface area contributed by atoms with Crippen LogP contribution in [-0.4, -0.2) is 42.6 Å². The average molecular weight is 799 g/mol. The Morgan fingerprint density at radius 3 is 2.10 bits per heavy atom. The van der Waals surface area contributed by atoms with Gasteiger partial charge in [0.1, 0.15) is 17.2 Å². The minimum absolute atomic E-state index is 0.0155. The Kier molecular flexibility index (Phi) is 14.9. The normalized spacial score (nSPS) is 13.6. The van der Waals surface area contributed by atoms with Crippen molar-refractivity contribution in [3.63, 3.8) is 0 Å². The zero-order chi connectivity index (χ0) is 41.7. The quantitative estimate of drug-likeness (QED) is 0.0579. The predicted octanol–water partition coefficient (Wildman–Crippen LogP) is 9.33. The third-order valence-corrected chi connectivity index (χ3v) is 9.45. The van der Waals surface area contributed by atoms with Crippen molar-refractivity contribution in [1.82, 2.24) is 5.32 Å². The van der Waals surface area contributed by atoms with Crippen molar-refractivity contribution in [2.24, 2.45) is 5.92 Å². The molecular formula is C45H45F3N2O8. The molecule has 0 saturated carbocycles. The third-order valence-electron chi connectivity index (χ3n) is 9.45. The zero-order valence-corrected chi connectivity index (χ0v) is 32.2. The highest BCUT2D eigenvalue weighted by Gasteiger charge is 2.34. The van der Waals surface area contributed by atoms with Crippen LogP contribution in [-0.2, 0) is 28.7 Å². The summed E-state index contributed by atoms with van der Waals surface area (Å²) in [4.78, 5) is 52.7. The first-order chi connectivity index (χ1) is 27.8. The SMILES string of the molecule is CCCCCCCOc1ccc(C(=O)Oc2ccc(CN(C(=O)C3C=CC(NC(=O)Cc4ccc(OC)cc4C(F)(F)F)=CC3)c3ccc(C(=O)O)cc3)cc2)cc1. The van der Waals surface area contributed by atoms with E-state index in [0.29, 0.717) is 40.6 Å². The van der Waals surface area contributed by atoms with Gasteiger partial charge in [-0.05, 0) is 103 Å². The van der Waals surface area contributed by atoms with Crippen molar-refractivity contribution in [2.45, 2.75) is 64.6 Å². The summed E-state index contributed by atoms with van der Waals surface area (Å²) in [5.74, 6) is -2.36. The fraction of sp³-hybridized carbons (Fsp3) is 0.289. The molecule has 1 atom stereocenters. The minimum Gasteiger partial charge on any atom is -0.497 e. The first-order valence-electron chi connectivity index (χ1n) is 19.0. The van der Waals surface area contributed by atoms with Crippen LogP contribution in [0.1, 0.15) is 82.9 Å². The summed E-state index contributed by atoms with van der Waals surface area (Å²) in [7, 11) is 1.25. The molecule has 10 nitrogen and oxygen atoms in total. The number of carboxylic acid groups (broad SMARTS) is 1. The first-order valence-corrected chi connectivity index (χ1v) is 19.0. The number of nitrogens with zero attached hydrogens (tertiary/aromatic N) is 1. The smallest absolute Gasteiger partial charge is 0.416 e. The van der Waals surface area contributed by atoms with Gasteiger partial charge in [-0.15, -0.1) is 0 Å². The van der Waals surface area contributed by atoms with Gasteiger partial charge in [0, 0.05) is 11.4 Å². The fourth-order valence-corrected chi connectivity index (χ4v) is 6.25. The molecule has 2 N–H and O–H groups in total. The van der Waals surface area contributed by atoms with E-state index in [2.05, 4.69) is 12.2 Å². The molecule has 0 fully saturated rings. The summed E-state index contributed by atoms with van der Waals surface area (Å²) in [5.41, 5.74) is 0.664. The summed E-state index contributed by atoms with van der Waals surface area (Å²) in [6.45, 7) is 2.86. The van der Waals surface area contributed by atoms with Crippen molar-refractivity contribution in [3.8, 4) is 17.2 Å².